The van der Waals surface area contributed by atoms with Crippen LogP contribution >= 0.6 is 15.9 Å². The van der Waals surface area contributed by atoms with Crippen LogP contribution in [0.4, 0.5) is 5.69 Å². The maximum atomic E-state index is 13.2. The van der Waals surface area contributed by atoms with Gasteiger partial charge in [-0.05, 0) is 61.4 Å². The van der Waals surface area contributed by atoms with Crippen LogP contribution in [0.2, 0.25) is 0 Å². The molecular weight excluding hydrogens is 470 g/mol. The van der Waals surface area contributed by atoms with Gasteiger partial charge in [-0.15, -0.1) is 0 Å². The molecule has 4 rings (SSSR count). The van der Waals surface area contributed by atoms with Gasteiger partial charge < -0.3 is 9.84 Å². The molecule has 0 bridgehead atoms. The Morgan fingerprint density at radius 3 is 2.34 bits per heavy atom. The molecule has 3 aromatic rings. The normalized spacial score (nSPS) is 17.6. The van der Waals surface area contributed by atoms with Crippen LogP contribution in [0.5, 0.6) is 5.75 Å². The van der Waals surface area contributed by atoms with Crippen molar-refractivity contribution in [1.82, 2.24) is 0 Å². The number of hydrogen-bond donors (Lipinski definition) is 1. The van der Waals surface area contributed by atoms with E-state index in [-0.39, 0.29) is 11.3 Å². The van der Waals surface area contributed by atoms with Gasteiger partial charge in [-0.25, -0.2) is 0 Å². The highest BCUT2D eigenvalue weighted by Gasteiger charge is 2.46. The van der Waals surface area contributed by atoms with Crippen LogP contribution in [0.25, 0.3) is 5.76 Å². The average molecular weight is 492 g/mol. The van der Waals surface area contributed by atoms with E-state index >= 15 is 0 Å². The highest BCUT2D eigenvalue weighted by molar-refractivity contribution is 9.10. The number of ketones is 1. The summed E-state index contributed by atoms with van der Waals surface area (Å²) in [7, 11) is 0. The number of halogens is 1. The molecule has 1 saturated heterocycles. The van der Waals surface area contributed by atoms with Crippen molar-refractivity contribution in [2.75, 3.05) is 11.5 Å². The number of anilines is 1. The Kier molecular flexibility index (Phi) is 6.15. The molecule has 0 radical (unpaired) electrons. The Hall–Kier alpha value is -3.38. The molecule has 32 heavy (non-hydrogen) atoms. The smallest absolute Gasteiger partial charge is 0.300 e. The number of aliphatic hydroxyl groups excluding tert-OH is 1. The van der Waals surface area contributed by atoms with E-state index in [1.165, 1.54) is 4.90 Å². The first kappa shape index (κ1) is 21.8. The predicted molar refractivity (Wildman–Crippen MR) is 128 cm³/mol. The van der Waals surface area contributed by atoms with E-state index in [0.29, 0.717) is 23.6 Å². The minimum atomic E-state index is -0.752. The average Bonchev–Trinajstić information content (AvgIpc) is 3.07. The zero-order valence-corrected chi connectivity index (χ0v) is 19.3. The van der Waals surface area contributed by atoms with Gasteiger partial charge in [0.1, 0.15) is 11.5 Å². The first-order chi connectivity index (χ1) is 15.4. The quantitative estimate of drug-likeness (QED) is 0.279. The lowest BCUT2D eigenvalue weighted by atomic mass is 9.95. The number of Topliss-reactive ketones (excluding diaryl/α,β-unsaturated/α-hetero) is 1. The zero-order chi connectivity index (χ0) is 22.8. The molecule has 1 aliphatic rings. The van der Waals surface area contributed by atoms with E-state index in [1.807, 2.05) is 50.2 Å². The Morgan fingerprint density at radius 2 is 1.72 bits per heavy atom. The summed E-state index contributed by atoms with van der Waals surface area (Å²) in [5.41, 5.74) is 2.74. The molecule has 0 spiro atoms. The fourth-order valence-corrected chi connectivity index (χ4v) is 4.11. The number of amides is 1. The van der Waals surface area contributed by atoms with Crippen molar-refractivity contribution >= 4 is 39.1 Å². The number of benzene rings is 3. The van der Waals surface area contributed by atoms with Crippen molar-refractivity contribution in [3.8, 4) is 5.75 Å². The number of carbonyl (C=O) groups is 2. The van der Waals surface area contributed by atoms with Crippen molar-refractivity contribution in [2.24, 2.45) is 0 Å². The van der Waals surface area contributed by atoms with E-state index in [0.717, 1.165) is 15.6 Å². The van der Waals surface area contributed by atoms with Crippen LogP contribution in [0.3, 0.4) is 0 Å². The standard InChI is InChI=1S/C26H22BrNO4/c1-3-32-20-12-10-19(11-13-20)28-23(17-7-5-4-6-8-17)22(25(30)26(28)31)24(29)18-9-14-21(27)16(2)15-18/h4-15,23,29H,3H2,1-2H3/b24-22-. The highest BCUT2D eigenvalue weighted by Crippen LogP contribution is 2.42. The number of carbonyl (C=O) groups excluding carboxylic acids is 2. The van der Waals surface area contributed by atoms with E-state index in [2.05, 4.69) is 15.9 Å². The van der Waals surface area contributed by atoms with Gasteiger partial charge in [0, 0.05) is 15.7 Å². The van der Waals surface area contributed by atoms with Crippen LogP contribution in [0.1, 0.15) is 29.7 Å². The lowest BCUT2D eigenvalue weighted by Crippen LogP contribution is -2.29. The first-order valence-electron chi connectivity index (χ1n) is 10.3. The second kappa shape index (κ2) is 9.01. The van der Waals surface area contributed by atoms with Crippen molar-refractivity contribution in [3.05, 3.63) is 99.5 Å². The molecular formula is C26H22BrNO4. The molecule has 1 unspecified atom stereocenters. The third kappa shape index (κ3) is 3.94. The van der Waals surface area contributed by atoms with Gasteiger partial charge in [0.25, 0.3) is 11.7 Å². The minimum absolute atomic E-state index is 0.0665. The second-order valence-corrected chi connectivity index (χ2v) is 8.32. The number of hydrogen-bond acceptors (Lipinski definition) is 4. The molecule has 0 aliphatic carbocycles. The number of aliphatic hydroxyl groups is 1. The van der Waals surface area contributed by atoms with Gasteiger partial charge in [-0.2, -0.15) is 0 Å². The molecule has 0 saturated carbocycles. The Bertz CT molecular complexity index is 1200. The number of aryl methyl sites for hydroxylation is 1. The monoisotopic (exact) mass is 491 g/mol. The number of nitrogens with zero attached hydrogens (tertiary/aromatic N) is 1. The summed E-state index contributed by atoms with van der Waals surface area (Å²) in [4.78, 5) is 27.8. The summed E-state index contributed by atoms with van der Waals surface area (Å²) in [5, 5.41) is 11.2. The van der Waals surface area contributed by atoms with Gasteiger partial charge in [-0.3, -0.25) is 14.5 Å². The highest BCUT2D eigenvalue weighted by atomic mass is 79.9. The van der Waals surface area contributed by atoms with Crippen LogP contribution in [-0.2, 0) is 9.59 Å². The molecule has 1 N–H and O–H groups in total. The van der Waals surface area contributed by atoms with Crippen LogP contribution in [0.15, 0.2) is 82.8 Å². The molecule has 6 heteroatoms. The summed E-state index contributed by atoms with van der Waals surface area (Å²) in [6.45, 7) is 4.32. The fraction of sp³-hybridized carbons (Fsp3) is 0.154. The second-order valence-electron chi connectivity index (χ2n) is 7.47. The molecule has 162 valence electrons. The molecule has 5 nitrogen and oxygen atoms in total. The van der Waals surface area contributed by atoms with E-state index in [9.17, 15) is 14.7 Å². The summed E-state index contributed by atoms with van der Waals surface area (Å²) in [6.07, 6.45) is 0. The first-order valence-corrected chi connectivity index (χ1v) is 11.1. The fourth-order valence-electron chi connectivity index (χ4n) is 3.87. The molecule has 0 aromatic heterocycles. The summed E-state index contributed by atoms with van der Waals surface area (Å²) in [5.74, 6) is -0.917. The Morgan fingerprint density at radius 1 is 1.03 bits per heavy atom. The van der Waals surface area contributed by atoms with Crippen molar-refractivity contribution in [3.63, 3.8) is 0 Å². The van der Waals surface area contributed by atoms with Crippen LogP contribution in [-0.4, -0.2) is 23.4 Å². The SMILES string of the molecule is CCOc1ccc(N2C(=O)C(=O)/C(=C(\O)c3ccc(Br)c(C)c3)C2c2ccccc2)cc1. The Labute approximate surface area is 195 Å². The van der Waals surface area contributed by atoms with E-state index in [4.69, 9.17) is 4.74 Å². The number of rotatable bonds is 5. The summed E-state index contributed by atoms with van der Waals surface area (Å²) >= 11 is 3.45. The number of ether oxygens (including phenoxy) is 1. The van der Waals surface area contributed by atoms with Crippen LogP contribution < -0.4 is 9.64 Å². The van der Waals surface area contributed by atoms with Crippen molar-refractivity contribution in [1.29, 1.82) is 0 Å². The topological polar surface area (TPSA) is 66.8 Å². The zero-order valence-electron chi connectivity index (χ0n) is 17.7. The predicted octanol–water partition coefficient (Wildman–Crippen LogP) is 5.78. The van der Waals surface area contributed by atoms with Crippen molar-refractivity contribution < 1.29 is 19.4 Å². The summed E-state index contributed by atoms with van der Waals surface area (Å²) in [6, 6.07) is 20.8. The molecule has 1 fully saturated rings. The van der Waals surface area contributed by atoms with Gasteiger partial charge in [-0.1, -0.05) is 52.3 Å². The van der Waals surface area contributed by atoms with Gasteiger partial charge in [0.05, 0.1) is 18.2 Å². The van der Waals surface area contributed by atoms with Gasteiger partial charge in [0.2, 0.25) is 0 Å². The van der Waals surface area contributed by atoms with Crippen LogP contribution in [0, 0.1) is 6.92 Å². The maximum absolute atomic E-state index is 13.2. The third-order valence-corrected chi connectivity index (χ3v) is 6.31. The van der Waals surface area contributed by atoms with E-state index < -0.39 is 17.7 Å². The Balaban J connectivity index is 1.88. The van der Waals surface area contributed by atoms with E-state index in [1.54, 1.807) is 36.4 Å². The van der Waals surface area contributed by atoms with Crippen molar-refractivity contribution in [2.45, 2.75) is 19.9 Å². The lowest BCUT2D eigenvalue weighted by molar-refractivity contribution is -0.132. The minimum Gasteiger partial charge on any atom is -0.507 e. The largest absolute Gasteiger partial charge is 0.507 e. The van der Waals surface area contributed by atoms with Gasteiger partial charge >= 0.3 is 0 Å². The molecule has 1 amide bonds. The molecule has 1 aliphatic heterocycles. The molecule has 1 heterocycles. The third-order valence-electron chi connectivity index (χ3n) is 5.42. The maximum Gasteiger partial charge on any atom is 0.300 e. The molecule has 3 aromatic carbocycles. The lowest BCUT2D eigenvalue weighted by Gasteiger charge is -2.25. The molecule has 1 atom stereocenters. The summed E-state index contributed by atoms with van der Waals surface area (Å²) < 4.78 is 6.39. The van der Waals surface area contributed by atoms with Gasteiger partial charge in [0.15, 0.2) is 0 Å².